The number of aryl methyl sites for hydroxylation is 1. The van der Waals surface area contributed by atoms with Crippen molar-refractivity contribution >= 4 is 21.8 Å². The van der Waals surface area contributed by atoms with E-state index >= 15 is 0 Å². The highest BCUT2D eigenvalue weighted by Crippen LogP contribution is 2.36. The van der Waals surface area contributed by atoms with Crippen LogP contribution >= 0.6 is 0 Å². The van der Waals surface area contributed by atoms with Gasteiger partial charge in [0.1, 0.15) is 23.8 Å². The molecule has 0 aliphatic carbocycles. The van der Waals surface area contributed by atoms with E-state index in [2.05, 4.69) is 15.6 Å². The van der Waals surface area contributed by atoms with Gasteiger partial charge < -0.3 is 28.3 Å². The van der Waals surface area contributed by atoms with Crippen molar-refractivity contribution in [3.8, 4) is 17.2 Å². The first kappa shape index (κ1) is 22.1. The van der Waals surface area contributed by atoms with E-state index in [1.54, 1.807) is 19.4 Å². The molecular weight excluding hydrogens is 456 g/mol. The van der Waals surface area contributed by atoms with Crippen LogP contribution in [0.5, 0.6) is 17.2 Å². The molecule has 2 aromatic heterocycles. The lowest BCUT2D eigenvalue weighted by Gasteiger charge is -2.13. The number of aromatic nitrogens is 2. The van der Waals surface area contributed by atoms with Gasteiger partial charge in [0, 0.05) is 29.3 Å². The number of phenols is 1. The largest absolute Gasteiger partial charge is 0.507 e. The summed E-state index contributed by atoms with van der Waals surface area (Å²) >= 11 is 0. The van der Waals surface area contributed by atoms with Crippen LogP contribution in [0.25, 0.3) is 21.8 Å². The number of ether oxygens (including phenoxy) is 3. The van der Waals surface area contributed by atoms with Gasteiger partial charge in [-0.25, -0.2) is 4.98 Å². The Balaban J connectivity index is 1.26. The van der Waals surface area contributed by atoms with Crippen molar-refractivity contribution in [3.63, 3.8) is 0 Å². The van der Waals surface area contributed by atoms with E-state index in [1.165, 1.54) is 0 Å². The van der Waals surface area contributed by atoms with Gasteiger partial charge in [-0.05, 0) is 48.9 Å². The third-order valence-corrected chi connectivity index (χ3v) is 6.58. The maximum absolute atomic E-state index is 10.5. The molecule has 5 aromatic rings. The van der Waals surface area contributed by atoms with Gasteiger partial charge in [-0.3, -0.25) is 0 Å². The van der Waals surface area contributed by atoms with Gasteiger partial charge in [-0.15, -0.1) is 0 Å². The zero-order valence-corrected chi connectivity index (χ0v) is 20.1. The molecule has 0 fully saturated rings. The number of para-hydroxylation sites is 1. The Hall–Kier alpha value is -4.39. The molecule has 0 saturated heterocycles. The number of methoxy groups -OCH3 is 1. The average Bonchev–Trinajstić information content (AvgIpc) is 3.62. The molecule has 7 heteroatoms. The highest BCUT2D eigenvalue weighted by Gasteiger charge is 2.22. The number of rotatable bonds is 7. The van der Waals surface area contributed by atoms with Crippen LogP contribution < -0.4 is 9.47 Å². The van der Waals surface area contributed by atoms with Crippen LogP contribution in [0.2, 0.25) is 0 Å². The first-order valence-corrected chi connectivity index (χ1v) is 11.9. The summed E-state index contributed by atoms with van der Waals surface area (Å²) in [5.41, 5.74) is 3.83. The second kappa shape index (κ2) is 9.00. The fourth-order valence-corrected chi connectivity index (χ4v) is 4.77. The Morgan fingerprint density at radius 2 is 1.92 bits per heavy atom. The molecule has 1 atom stereocenters. The monoisotopic (exact) mass is 482 g/mol. The second-order valence-electron chi connectivity index (χ2n) is 8.84. The van der Waals surface area contributed by atoms with Crippen molar-refractivity contribution in [1.29, 1.82) is 0 Å². The SMILES string of the molecule is COc1cc(Cn2c3ccccc3c3c(O)cccc32)ccc1OCc1nc(C2CC=CO2)oc1C. The predicted octanol–water partition coefficient (Wildman–Crippen LogP) is 6.41. The summed E-state index contributed by atoms with van der Waals surface area (Å²) in [6.45, 7) is 2.75. The van der Waals surface area contributed by atoms with Gasteiger partial charge in [0.05, 0.1) is 18.9 Å². The summed E-state index contributed by atoms with van der Waals surface area (Å²) in [5.74, 6) is 2.83. The number of benzene rings is 3. The van der Waals surface area contributed by atoms with Gasteiger partial charge in [0.2, 0.25) is 5.89 Å². The summed E-state index contributed by atoms with van der Waals surface area (Å²) in [4.78, 5) is 4.57. The number of fused-ring (bicyclic) bond motifs is 3. The van der Waals surface area contributed by atoms with Crippen molar-refractivity contribution in [1.82, 2.24) is 9.55 Å². The minimum absolute atomic E-state index is 0.172. The Morgan fingerprint density at radius 1 is 1.06 bits per heavy atom. The predicted molar refractivity (Wildman–Crippen MR) is 136 cm³/mol. The zero-order valence-electron chi connectivity index (χ0n) is 20.1. The van der Waals surface area contributed by atoms with Crippen molar-refractivity contribution in [2.75, 3.05) is 7.11 Å². The molecule has 1 unspecified atom stereocenters. The van der Waals surface area contributed by atoms with Gasteiger partial charge >= 0.3 is 0 Å². The van der Waals surface area contributed by atoms with Crippen LogP contribution in [0.4, 0.5) is 0 Å². The zero-order chi connectivity index (χ0) is 24.6. The average molecular weight is 483 g/mol. The van der Waals surface area contributed by atoms with Crippen LogP contribution in [0.3, 0.4) is 0 Å². The highest BCUT2D eigenvalue weighted by molar-refractivity contribution is 6.11. The fraction of sp³-hybridized carbons (Fsp3) is 0.207. The van der Waals surface area contributed by atoms with E-state index in [0.717, 1.165) is 39.5 Å². The van der Waals surface area contributed by atoms with E-state index in [1.807, 2.05) is 61.5 Å². The standard InChI is InChI=1S/C29H26N2O5/c1-18-21(30-29(36-18)26-11-6-14-34-26)17-35-25-13-12-19(15-27(25)33-2)16-31-22-8-4-3-7-20(22)28-23(31)9-5-10-24(28)32/h3-10,12-15,26,32H,11,16-17H2,1-2H3. The Labute approximate surface area is 208 Å². The van der Waals surface area contributed by atoms with Crippen molar-refractivity contribution in [2.24, 2.45) is 0 Å². The van der Waals surface area contributed by atoms with Crippen LogP contribution in [0.15, 0.2) is 77.4 Å². The number of oxazole rings is 1. The van der Waals surface area contributed by atoms with E-state index in [-0.39, 0.29) is 18.5 Å². The van der Waals surface area contributed by atoms with Crippen LogP contribution in [-0.2, 0) is 17.9 Å². The molecule has 3 aromatic carbocycles. The molecule has 7 nitrogen and oxygen atoms in total. The van der Waals surface area contributed by atoms with Crippen molar-refractivity contribution in [3.05, 3.63) is 95.9 Å². The minimum atomic E-state index is -0.172. The van der Waals surface area contributed by atoms with Crippen molar-refractivity contribution in [2.45, 2.75) is 32.6 Å². The van der Waals surface area contributed by atoms with E-state index in [0.29, 0.717) is 29.7 Å². The number of hydrogen-bond acceptors (Lipinski definition) is 6. The first-order chi connectivity index (χ1) is 17.6. The fourth-order valence-electron chi connectivity index (χ4n) is 4.77. The first-order valence-electron chi connectivity index (χ1n) is 11.9. The second-order valence-corrected chi connectivity index (χ2v) is 8.84. The van der Waals surface area contributed by atoms with E-state index in [9.17, 15) is 5.11 Å². The van der Waals surface area contributed by atoms with Gasteiger partial charge in [0.25, 0.3) is 0 Å². The summed E-state index contributed by atoms with van der Waals surface area (Å²) in [7, 11) is 1.63. The molecule has 0 radical (unpaired) electrons. The molecule has 182 valence electrons. The molecule has 0 spiro atoms. The molecule has 1 aliphatic rings. The molecule has 0 bridgehead atoms. The summed E-state index contributed by atoms with van der Waals surface area (Å²) in [6, 6.07) is 19.7. The number of hydrogen-bond donors (Lipinski definition) is 1. The Kier molecular flexibility index (Phi) is 5.52. The van der Waals surface area contributed by atoms with Gasteiger partial charge in [-0.2, -0.15) is 0 Å². The summed E-state index contributed by atoms with van der Waals surface area (Å²) in [6.07, 6.45) is 4.21. The quantitative estimate of drug-likeness (QED) is 0.289. The maximum atomic E-state index is 10.5. The Morgan fingerprint density at radius 3 is 2.75 bits per heavy atom. The van der Waals surface area contributed by atoms with Crippen LogP contribution in [0.1, 0.15) is 35.4 Å². The molecule has 0 saturated carbocycles. The third kappa shape index (κ3) is 3.82. The van der Waals surface area contributed by atoms with Gasteiger partial charge in [-0.1, -0.05) is 30.3 Å². The highest BCUT2D eigenvalue weighted by atomic mass is 16.5. The lowest BCUT2D eigenvalue weighted by atomic mass is 10.1. The molecule has 1 N–H and O–H groups in total. The molecular formula is C29H26N2O5. The van der Waals surface area contributed by atoms with Gasteiger partial charge in [0.15, 0.2) is 17.6 Å². The normalized spacial score (nSPS) is 15.0. The topological polar surface area (TPSA) is 78.9 Å². The molecule has 6 rings (SSSR count). The third-order valence-electron chi connectivity index (χ3n) is 6.58. The lowest BCUT2D eigenvalue weighted by molar-refractivity contribution is 0.140. The summed E-state index contributed by atoms with van der Waals surface area (Å²) in [5, 5.41) is 12.4. The number of phenolic OH excluding ortho intramolecular Hbond substituents is 1. The van der Waals surface area contributed by atoms with Crippen LogP contribution in [0, 0.1) is 6.92 Å². The molecule has 0 amide bonds. The van der Waals surface area contributed by atoms with E-state index in [4.69, 9.17) is 18.6 Å². The molecule has 1 aliphatic heterocycles. The smallest absolute Gasteiger partial charge is 0.236 e. The van der Waals surface area contributed by atoms with Crippen molar-refractivity contribution < 1.29 is 23.7 Å². The minimum Gasteiger partial charge on any atom is -0.507 e. The maximum Gasteiger partial charge on any atom is 0.236 e. The Bertz CT molecular complexity index is 1590. The number of nitrogens with zero attached hydrogens (tertiary/aromatic N) is 2. The summed E-state index contributed by atoms with van der Waals surface area (Å²) < 4.78 is 25.2. The number of aromatic hydroxyl groups is 1. The van der Waals surface area contributed by atoms with E-state index < -0.39 is 0 Å². The molecule has 3 heterocycles. The lowest BCUT2D eigenvalue weighted by Crippen LogP contribution is -2.03. The van der Waals surface area contributed by atoms with Crippen LogP contribution in [-0.4, -0.2) is 21.8 Å². The molecule has 36 heavy (non-hydrogen) atoms.